The highest BCUT2D eigenvalue weighted by Crippen LogP contribution is 2.43. The minimum atomic E-state index is -0.578. The van der Waals surface area contributed by atoms with Crippen LogP contribution in [0.25, 0.3) is 11.1 Å². The fourth-order valence-electron chi connectivity index (χ4n) is 4.81. The summed E-state index contributed by atoms with van der Waals surface area (Å²) in [6.45, 7) is 5.26. The molecule has 1 fully saturated rings. The Morgan fingerprint density at radius 1 is 1.18 bits per heavy atom. The monoisotopic (exact) mass is 588 g/mol. The minimum absolute atomic E-state index is 0.0195. The van der Waals surface area contributed by atoms with Crippen molar-refractivity contribution in [1.82, 2.24) is 14.9 Å². The fraction of sp³-hybridized carbons (Fsp3) is 0.346. The first kappa shape index (κ1) is 29.0. The van der Waals surface area contributed by atoms with Crippen molar-refractivity contribution in [2.45, 2.75) is 39.3 Å². The molecule has 212 valence electrons. The van der Waals surface area contributed by atoms with Crippen LogP contribution in [0.1, 0.15) is 26.7 Å². The summed E-state index contributed by atoms with van der Waals surface area (Å²) in [7, 11) is 0. The Kier molecular flexibility index (Phi) is 9.00. The zero-order valence-electron chi connectivity index (χ0n) is 22.0. The van der Waals surface area contributed by atoms with Crippen molar-refractivity contribution in [1.29, 1.82) is 0 Å². The van der Waals surface area contributed by atoms with E-state index in [-0.39, 0.29) is 29.4 Å². The van der Waals surface area contributed by atoms with E-state index in [1.165, 1.54) is 26.0 Å². The van der Waals surface area contributed by atoms with Crippen LogP contribution in [-0.4, -0.2) is 52.0 Å². The van der Waals surface area contributed by atoms with Gasteiger partial charge in [0.25, 0.3) is 0 Å². The molecule has 2 aromatic heterocycles. The summed E-state index contributed by atoms with van der Waals surface area (Å²) in [5.74, 6) is 0.758. The minimum Gasteiger partial charge on any atom is -0.378 e. The molecule has 12 nitrogen and oxygen atoms in total. The van der Waals surface area contributed by atoms with Gasteiger partial charge in [-0.05, 0) is 31.0 Å². The summed E-state index contributed by atoms with van der Waals surface area (Å²) in [6.07, 6.45) is 3.36. The van der Waals surface area contributed by atoms with Crippen LogP contribution in [0.3, 0.4) is 0 Å². The third-order valence-corrected chi connectivity index (χ3v) is 7.00. The number of anilines is 4. The number of nitro groups is 1. The van der Waals surface area contributed by atoms with Crippen molar-refractivity contribution in [2.24, 2.45) is 0 Å². The number of halogens is 2. The second-order valence-corrected chi connectivity index (χ2v) is 10.4. The van der Waals surface area contributed by atoms with Crippen LogP contribution in [-0.2, 0) is 16.1 Å². The normalized spacial score (nSPS) is 14.7. The fourth-order valence-corrected chi connectivity index (χ4v) is 5.32. The number of nitrogens with one attached hydrogen (secondary N) is 3. The van der Waals surface area contributed by atoms with Crippen molar-refractivity contribution in [3.63, 3.8) is 0 Å². The molecule has 0 spiro atoms. The SMILES string of the molecule is CC(=O)Nc1c(-c2ccc(Cl)cc2Cl)cn(CCCNc2ccc([N+](=O)[O-])c(N)n2)c1N1CC[C@@H](NC(C)=O)C1. The summed E-state index contributed by atoms with van der Waals surface area (Å²) < 4.78 is 2.06. The van der Waals surface area contributed by atoms with Gasteiger partial charge in [0.05, 0.1) is 15.6 Å². The molecule has 2 amide bonds. The van der Waals surface area contributed by atoms with E-state index in [0.717, 1.165) is 23.4 Å². The van der Waals surface area contributed by atoms with Gasteiger partial charge in [0.1, 0.15) is 11.6 Å². The lowest BCUT2D eigenvalue weighted by atomic mass is 10.1. The number of aromatic nitrogens is 2. The lowest BCUT2D eigenvalue weighted by Gasteiger charge is -2.23. The molecule has 5 N–H and O–H groups in total. The van der Waals surface area contributed by atoms with Gasteiger partial charge in [0.2, 0.25) is 17.6 Å². The van der Waals surface area contributed by atoms with E-state index in [4.69, 9.17) is 28.9 Å². The van der Waals surface area contributed by atoms with Crippen molar-refractivity contribution >= 4 is 63.8 Å². The molecule has 40 heavy (non-hydrogen) atoms. The molecule has 4 rings (SSSR count). The Bertz CT molecular complexity index is 1440. The standard InChI is InChI=1S/C26H30Cl2N8O4/c1-15(37)31-18-8-11-35(13-18)26-24(32-16(2)38)20(19-5-4-17(27)12-21(19)28)14-34(26)10-3-9-30-23-7-6-22(36(39)40)25(29)33-23/h4-7,12,14,18H,3,8-11,13H2,1-2H3,(H,31,37)(H,32,38)(H3,29,30,33)/t18-/m1/s1. The molecular formula is C26H30Cl2N8O4. The lowest BCUT2D eigenvalue weighted by molar-refractivity contribution is -0.384. The number of nitrogen functional groups attached to an aromatic ring is 1. The summed E-state index contributed by atoms with van der Waals surface area (Å²) in [4.78, 5) is 40.6. The number of aryl methyl sites for hydroxylation is 1. The molecule has 1 aromatic carbocycles. The Labute approximate surface area is 241 Å². The number of nitrogens with two attached hydrogens (primary N) is 1. The Morgan fingerprint density at radius 2 is 1.95 bits per heavy atom. The summed E-state index contributed by atoms with van der Waals surface area (Å²) >= 11 is 12.7. The van der Waals surface area contributed by atoms with Crippen LogP contribution in [0, 0.1) is 10.1 Å². The first-order valence-electron chi connectivity index (χ1n) is 12.7. The number of amides is 2. The molecule has 1 aliphatic rings. The number of nitrogens with zero attached hydrogens (tertiary/aromatic N) is 4. The van der Waals surface area contributed by atoms with Crippen molar-refractivity contribution < 1.29 is 14.5 Å². The zero-order chi connectivity index (χ0) is 29.0. The van der Waals surface area contributed by atoms with Gasteiger partial charge >= 0.3 is 5.69 Å². The average Bonchev–Trinajstić information content (AvgIpc) is 3.45. The van der Waals surface area contributed by atoms with Crippen LogP contribution in [0.2, 0.25) is 10.0 Å². The Balaban J connectivity index is 1.63. The maximum atomic E-state index is 12.3. The van der Waals surface area contributed by atoms with Gasteiger partial charge in [0.15, 0.2) is 0 Å². The molecule has 0 saturated carbocycles. The molecule has 0 aliphatic carbocycles. The predicted octanol–water partition coefficient (Wildman–Crippen LogP) is 4.52. The molecule has 1 atom stereocenters. The van der Waals surface area contributed by atoms with Gasteiger partial charge in [0, 0.05) is 74.5 Å². The predicted molar refractivity (Wildman–Crippen MR) is 157 cm³/mol. The van der Waals surface area contributed by atoms with Crippen molar-refractivity contribution in [3.05, 3.63) is 56.7 Å². The van der Waals surface area contributed by atoms with Crippen LogP contribution in [0.4, 0.5) is 28.8 Å². The highest BCUT2D eigenvalue weighted by Gasteiger charge is 2.30. The second kappa shape index (κ2) is 12.4. The molecule has 0 unspecified atom stereocenters. The first-order valence-corrected chi connectivity index (χ1v) is 13.4. The molecule has 1 saturated heterocycles. The van der Waals surface area contributed by atoms with Crippen molar-refractivity contribution in [3.8, 4) is 11.1 Å². The Morgan fingerprint density at radius 3 is 2.60 bits per heavy atom. The van der Waals surface area contributed by atoms with E-state index in [9.17, 15) is 19.7 Å². The van der Waals surface area contributed by atoms with Gasteiger partial charge < -0.3 is 31.2 Å². The van der Waals surface area contributed by atoms with Crippen LogP contribution < -0.4 is 26.6 Å². The maximum Gasteiger partial charge on any atom is 0.311 e. The number of hydrogen-bond donors (Lipinski definition) is 4. The molecular weight excluding hydrogens is 559 g/mol. The lowest BCUT2D eigenvalue weighted by Crippen LogP contribution is -2.36. The largest absolute Gasteiger partial charge is 0.378 e. The number of carbonyl (C=O) groups is 2. The summed E-state index contributed by atoms with van der Waals surface area (Å²) in [5, 5.41) is 21.1. The van der Waals surface area contributed by atoms with Crippen LogP contribution in [0.15, 0.2) is 36.5 Å². The van der Waals surface area contributed by atoms with Gasteiger partial charge in [-0.25, -0.2) is 4.98 Å². The number of rotatable bonds is 10. The zero-order valence-corrected chi connectivity index (χ0v) is 23.6. The smallest absolute Gasteiger partial charge is 0.311 e. The number of hydrogen-bond acceptors (Lipinski definition) is 8. The van der Waals surface area contributed by atoms with E-state index in [2.05, 4.69) is 30.4 Å². The molecule has 14 heteroatoms. The number of pyridine rings is 1. The summed E-state index contributed by atoms with van der Waals surface area (Å²) in [6, 6.07) is 8.02. The third-order valence-electron chi connectivity index (χ3n) is 6.45. The van der Waals surface area contributed by atoms with E-state index in [0.29, 0.717) is 54.2 Å². The van der Waals surface area contributed by atoms with Gasteiger partial charge in [-0.15, -0.1) is 0 Å². The molecule has 0 radical (unpaired) electrons. The molecule has 3 aromatic rings. The third kappa shape index (κ3) is 6.75. The first-order chi connectivity index (χ1) is 19.0. The van der Waals surface area contributed by atoms with E-state index >= 15 is 0 Å². The average molecular weight is 589 g/mol. The van der Waals surface area contributed by atoms with Gasteiger partial charge in [-0.2, -0.15) is 0 Å². The summed E-state index contributed by atoms with van der Waals surface area (Å²) in [5.41, 5.74) is 7.54. The quantitative estimate of drug-likeness (QED) is 0.153. The number of benzene rings is 1. The highest BCUT2D eigenvalue weighted by molar-refractivity contribution is 6.36. The topological polar surface area (TPSA) is 160 Å². The Hall–Kier alpha value is -4.03. The van der Waals surface area contributed by atoms with Gasteiger partial charge in [-0.1, -0.05) is 29.3 Å². The molecule has 1 aliphatic heterocycles. The van der Waals surface area contributed by atoms with Crippen LogP contribution in [0.5, 0.6) is 0 Å². The van der Waals surface area contributed by atoms with E-state index < -0.39 is 4.92 Å². The van der Waals surface area contributed by atoms with E-state index in [1.54, 1.807) is 12.1 Å². The van der Waals surface area contributed by atoms with Crippen LogP contribution >= 0.6 is 23.2 Å². The highest BCUT2D eigenvalue weighted by atomic mass is 35.5. The van der Waals surface area contributed by atoms with Gasteiger partial charge in [-0.3, -0.25) is 19.7 Å². The second-order valence-electron chi connectivity index (χ2n) is 9.51. The van der Waals surface area contributed by atoms with Crippen molar-refractivity contribution in [2.75, 3.05) is 40.9 Å². The van der Waals surface area contributed by atoms with E-state index in [1.807, 2.05) is 12.3 Å². The molecule has 3 heterocycles. The maximum absolute atomic E-state index is 12.3. The number of carbonyl (C=O) groups excluding carboxylic acids is 2. The molecule has 0 bridgehead atoms.